The van der Waals surface area contributed by atoms with Gasteiger partial charge in [0.1, 0.15) is 0 Å². The summed E-state index contributed by atoms with van der Waals surface area (Å²) in [4.78, 5) is 5.01. The van der Waals surface area contributed by atoms with Crippen molar-refractivity contribution in [2.24, 2.45) is 5.92 Å². The molecule has 2 heterocycles. The van der Waals surface area contributed by atoms with E-state index in [1.54, 1.807) is 0 Å². The number of β-amino-alcohol motifs (C(OH)–C–C–N with tert-alkyl or cyclic N) is 1. The van der Waals surface area contributed by atoms with Crippen molar-refractivity contribution >= 4 is 0 Å². The van der Waals surface area contributed by atoms with Gasteiger partial charge in [-0.05, 0) is 37.4 Å². The Balaban J connectivity index is 1.40. The van der Waals surface area contributed by atoms with E-state index in [0.717, 1.165) is 44.2 Å². The number of piperidine rings is 1. The van der Waals surface area contributed by atoms with Crippen molar-refractivity contribution in [2.45, 2.75) is 18.9 Å². The van der Waals surface area contributed by atoms with E-state index in [4.69, 9.17) is 0 Å². The fraction of sp³-hybridized carbons (Fsp3) is 0.667. The van der Waals surface area contributed by atoms with E-state index in [1.807, 2.05) is 30.3 Å². The van der Waals surface area contributed by atoms with Gasteiger partial charge in [-0.2, -0.15) is 0 Å². The highest BCUT2D eigenvalue weighted by molar-refractivity contribution is 5.17. The number of piperazine rings is 1. The topological polar surface area (TPSA) is 38.7 Å². The summed E-state index contributed by atoms with van der Waals surface area (Å²) in [6.45, 7) is 8.84. The van der Waals surface area contributed by atoms with Gasteiger partial charge in [0.25, 0.3) is 0 Å². The Morgan fingerprint density at radius 3 is 2.32 bits per heavy atom. The van der Waals surface area contributed by atoms with E-state index < -0.39 is 0 Å². The molecule has 1 aromatic rings. The molecule has 0 aromatic heterocycles. The minimum atomic E-state index is -0.364. The molecule has 4 heteroatoms. The molecule has 3 rings (SSSR count). The fourth-order valence-electron chi connectivity index (χ4n) is 3.61. The van der Waals surface area contributed by atoms with Gasteiger partial charge in [-0.25, -0.2) is 0 Å². The molecule has 0 aliphatic carbocycles. The molecule has 2 fully saturated rings. The second-order valence-corrected chi connectivity index (χ2v) is 6.72. The number of hydrogen-bond donors (Lipinski definition) is 2. The molecular weight excluding hydrogens is 274 g/mol. The zero-order valence-electron chi connectivity index (χ0n) is 13.5. The van der Waals surface area contributed by atoms with Crippen LogP contribution in [0, 0.1) is 5.92 Å². The van der Waals surface area contributed by atoms with Gasteiger partial charge in [-0.3, -0.25) is 4.90 Å². The normalized spacial score (nSPS) is 23.5. The van der Waals surface area contributed by atoms with Gasteiger partial charge in [0, 0.05) is 39.3 Å². The first-order chi connectivity index (χ1) is 10.8. The molecule has 2 aliphatic rings. The van der Waals surface area contributed by atoms with E-state index in [2.05, 4.69) is 15.1 Å². The number of aliphatic hydroxyl groups is 1. The summed E-state index contributed by atoms with van der Waals surface area (Å²) in [6.07, 6.45) is 2.29. The van der Waals surface area contributed by atoms with Gasteiger partial charge >= 0.3 is 0 Å². The molecule has 0 amide bonds. The van der Waals surface area contributed by atoms with Gasteiger partial charge < -0.3 is 15.3 Å². The Kier molecular flexibility index (Phi) is 5.84. The predicted molar refractivity (Wildman–Crippen MR) is 89.9 cm³/mol. The van der Waals surface area contributed by atoms with Crippen LogP contribution in [0.4, 0.5) is 0 Å². The Hall–Kier alpha value is -0.940. The zero-order valence-corrected chi connectivity index (χ0v) is 13.5. The summed E-state index contributed by atoms with van der Waals surface area (Å²) in [6, 6.07) is 10.0. The van der Waals surface area contributed by atoms with Crippen LogP contribution < -0.4 is 5.32 Å². The lowest BCUT2D eigenvalue weighted by Crippen LogP contribution is -2.49. The first-order valence-corrected chi connectivity index (χ1v) is 8.70. The summed E-state index contributed by atoms with van der Waals surface area (Å²) in [5, 5.41) is 13.8. The van der Waals surface area contributed by atoms with E-state index in [9.17, 15) is 5.11 Å². The average Bonchev–Trinajstić information content (AvgIpc) is 2.58. The molecular formula is C18H29N3O. The van der Waals surface area contributed by atoms with Crippen molar-refractivity contribution in [3.63, 3.8) is 0 Å². The van der Waals surface area contributed by atoms with Gasteiger partial charge in [0.15, 0.2) is 0 Å². The standard InChI is InChI=1S/C18H29N3O/c22-18(17-4-2-1-3-5-17)15-21-12-10-20(11-13-21)14-16-6-8-19-9-7-16/h1-5,16,18-19,22H,6-15H2. The molecule has 1 unspecified atom stereocenters. The molecule has 2 saturated heterocycles. The molecule has 4 nitrogen and oxygen atoms in total. The van der Waals surface area contributed by atoms with Gasteiger partial charge in [-0.1, -0.05) is 30.3 Å². The molecule has 2 N–H and O–H groups in total. The van der Waals surface area contributed by atoms with E-state index in [0.29, 0.717) is 0 Å². The van der Waals surface area contributed by atoms with E-state index in [-0.39, 0.29) is 6.10 Å². The molecule has 122 valence electrons. The molecule has 1 aromatic carbocycles. The first kappa shape index (κ1) is 15.9. The number of hydrogen-bond acceptors (Lipinski definition) is 4. The van der Waals surface area contributed by atoms with Crippen molar-refractivity contribution in [1.82, 2.24) is 15.1 Å². The third-order valence-corrected chi connectivity index (χ3v) is 5.06. The van der Waals surface area contributed by atoms with Crippen LogP contribution in [0.2, 0.25) is 0 Å². The van der Waals surface area contributed by atoms with Gasteiger partial charge in [0.2, 0.25) is 0 Å². The van der Waals surface area contributed by atoms with Gasteiger partial charge in [0.05, 0.1) is 6.10 Å². The second-order valence-electron chi connectivity index (χ2n) is 6.72. The summed E-state index contributed by atoms with van der Waals surface area (Å²) >= 11 is 0. The number of aliphatic hydroxyl groups excluding tert-OH is 1. The first-order valence-electron chi connectivity index (χ1n) is 8.70. The number of nitrogens with zero attached hydrogens (tertiary/aromatic N) is 2. The SMILES string of the molecule is OC(CN1CCN(CC2CCNCC2)CC1)c1ccccc1. The Morgan fingerprint density at radius 1 is 1.00 bits per heavy atom. The summed E-state index contributed by atoms with van der Waals surface area (Å²) in [7, 11) is 0. The molecule has 0 saturated carbocycles. The maximum atomic E-state index is 10.3. The van der Waals surface area contributed by atoms with Crippen LogP contribution in [-0.4, -0.2) is 67.3 Å². The van der Waals surface area contributed by atoms with Gasteiger partial charge in [-0.15, -0.1) is 0 Å². The Labute approximate surface area is 134 Å². The highest BCUT2D eigenvalue weighted by Gasteiger charge is 2.22. The molecule has 2 aliphatic heterocycles. The summed E-state index contributed by atoms with van der Waals surface area (Å²) in [5.74, 6) is 0.878. The van der Waals surface area contributed by atoms with Crippen molar-refractivity contribution in [1.29, 1.82) is 0 Å². The summed E-state index contributed by atoms with van der Waals surface area (Å²) < 4.78 is 0. The number of rotatable bonds is 5. The molecule has 1 atom stereocenters. The maximum Gasteiger partial charge on any atom is 0.0916 e. The summed E-state index contributed by atoms with van der Waals surface area (Å²) in [5.41, 5.74) is 1.03. The molecule has 0 bridgehead atoms. The van der Waals surface area contributed by atoms with E-state index >= 15 is 0 Å². The average molecular weight is 303 g/mol. The third-order valence-electron chi connectivity index (χ3n) is 5.06. The minimum absolute atomic E-state index is 0.364. The fourth-order valence-corrected chi connectivity index (χ4v) is 3.61. The lowest BCUT2D eigenvalue weighted by molar-refractivity contribution is 0.0647. The largest absolute Gasteiger partial charge is 0.387 e. The maximum absolute atomic E-state index is 10.3. The monoisotopic (exact) mass is 303 g/mol. The zero-order chi connectivity index (χ0) is 15.2. The van der Waals surface area contributed by atoms with E-state index in [1.165, 1.54) is 32.5 Å². The van der Waals surface area contributed by atoms with Crippen LogP contribution in [0.15, 0.2) is 30.3 Å². The smallest absolute Gasteiger partial charge is 0.0916 e. The molecule has 0 radical (unpaired) electrons. The minimum Gasteiger partial charge on any atom is -0.387 e. The quantitative estimate of drug-likeness (QED) is 0.861. The Bertz CT molecular complexity index is 425. The van der Waals surface area contributed by atoms with Crippen LogP contribution in [0.1, 0.15) is 24.5 Å². The molecule has 0 spiro atoms. The number of nitrogens with one attached hydrogen (secondary N) is 1. The predicted octanol–water partition coefficient (Wildman–Crippen LogP) is 1.34. The van der Waals surface area contributed by atoms with Crippen LogP contribution in [0.3, 0.4) is 0 Å². The highest BCUT2D eigenvalue weighted by atomic mass is 16.3. The van der Waals surface area contributed by atoms with Crippen LogP contribution in [-0.2, 0) is 0 Å². The highest BCUT2D eigenvalue weighted by Crippen LogP contribution is 2.17. The lowest BCUT2D eigenvalue weighted by atomic mass is 9.97. The third kappa shape index (κ3) is 4.53. The van der Waals surface area contributed by atoms with Crippen molar-refractivity contribution in [3.8, 4) is 0 Å². The van der Waals surface area contributed by atoms with Crippen LogP contribution in [0.25, 0.3) is 0 Å². The van der Waals surface area contributed by atoms with Crippen molar-refractivity contribution in [3.05, 3.63) is 35.9 Å². The van der Waals surface area contributed by atoms with Crippen LogP contribution in [0.5, 0.6) is 0 Å². The van der Waals surface area contributed by atoms with Crippen molar-refractivity contribution in [2.75, 3.05) is 52.4 Å². The van der Waals surface area contributed by atoms with Crippen LogP contribution >= 0.6 is 0 Å². The Morgan fingerprint density at radius 2 is 1.64 bits per heavy atom. The molecule has 22 heavy (non-hydrogen) atoms. The lowest BCUT2D eigenvalue weighted by Gasteiger charge is -2.38. The second kappa shape index (κ2) is 8.06. The van der Waals surface area contributed by atoms with Crippen molar-refractivity contribution < 1.29 is 5.11 Å². The number of benzene rings is 1.